The van der Waals surface area contributed by atoms with Crippen molar-refractivity contribution in [3.8, 4) is 5.75 Å². The average molecular weight is 350 g/mol. The lowest BCUT2D eigenvalue weighted by Crippen LogP contribution is -2.11. The predicted octanol–water partition coefficient (Wildman–Crippen LogP) is 3.94. The summed E-state index contributed by atoms with van der Waals surface area (Å²) in [7, 11) is 1.36. The second-order valence-electron chi connectivity index (χ2n) is 5.09. The van der Waals surface area contributed by atoms with Gasteiger partial charge in [0, 0.05) is 6.07 Å². The summed E-state index contributed by atoms with van der Waals surface area (Å²) < 4.78 is 50.9. The molecule has 0 aliphatic carbocycles. The number of benzene rings is 2. The first-order valence-electron chi connectivity index (χ1n) is 7.26. The summed E-state index contributed by atoms with van der Waals surface area (Å²) in [5, 5.41) is 0. The van der Waals surface area contributed by atoms with E-state index in [-0.39, 0.29) is 22.7 Å². The number of hydrogen-bond donors (Lipinski definition) is 0. The standard InChI is InChI=1S/C17H13F3N2O3/c1-24-10-6-7-11(12(18)8-10)16(23)25-9-15-21-13-4-2-3-5-14(13)22(15)17(19)20/h2-8,17H,9H2,1H3. The van der Waals surface area contributed by atoms with E-state index in [0.29, 0.717) is 10.1 Å². The van der Waals surface area contributed by atoms with E-state index in [9.17, 15) is 18.0 Å². The maximum atomic E-state index is 13.9. The Labute approximate surface area is 140 Å². The zero-order valence-electron chi connectivity index (χ0n) is 13.1. The van der Waals surface area contributed by atoms with E-state index in [1.165, 1.54) is 25.3 Å². The largest absolute Gasteiger partial charge is 0.497 e. The van der Waals surface area contributed by atoms with Crippen LogP contribution < -0.4 is 4.74 Å². The van der Waals surface area contributed by atoms with Crippen molar-refractivity contribution in [2.45, 2.75) is 13.2 Å². The average Bonchev–Trinajstić information content (AvgIpc) is 2.98. The van der Waals surface area contributed by atoms with Crippen LogP contribution in [0.15, 0.2) is 42.5 Å². The van der Waals surface area contributed by atoms with Gasteiger partial charge in [-0.15, -0.1) is 0 Å². The van der Waals surface area contributed by atoms with Crippen LogP contribution in [0.5, 0.6) is 5.75 Å². The fraction of sp³-hybridized carbons (Fsp3) is 0.176. The van der Waals surface area contributed by atoms with Crippen LogP contribution in [-0.2, 0) is 11.3 Å². The number of alkyl halides is 2. The van der Waals surface area contributed by atoms with Gasteiger partial charge in [-0.1, -0.05) is 12.1 Å². The molecule has 0 radical (unpaired) electrons. The van der Waals surface area contributed by atoms with Crippen molar-refractivity contribution in [2.75, 3.05) is 7.11 Å². The first kappa shape index (κ1) is 16.8. The minimum absolute atomic E-state index is 0.126. The monoisotopic (exact) mass is 350 g/mol. The molecule has 0 unspecified atom stereocenters. The molecule has 0 bridgehead atoms. The Kier molecular flexibility index (Phi) is 4.60. The third-order valence-electron chi connectivity index (χ3n) is 3.59. The van der Waals surface area contributed by atoms with Gasteiger partial charge in [-0.25, -0.2) is 14.2 Å². The van der Waals surface area contributed by atoms with Crippen LogP contribution >= 0.6 is 0 Å². The molecule has 0 spiro atoms. The Morgan fingerprint density at radius 2 is 2.00 bits per heavy atom. The second kappa shape index (κ2) is 6.84. The zero-order chi connectivity index (χ0) is 18.0. The third kappa shape index (κ3) is 3.28. The number of methoxy groups -OCH3 is 1. The summed E-state index contributed by atoms with van der Waals surface area (Å²) >= 11 is 0. The molecular formula is C17H13F3N2O3. The molecule has 0 amide bonds. The van der Waals surface area contributed by atoms with E-state index in [1.54, 1.807) is 18.2 Å². The SMILES string of the molecule is COc1ccc(C(=O)OCc2nc3ccccc3n2C(F)F)c(F)c1. The van der Waals surface area contributed by atoms with Gasteiger partial charge >= 0.3 is 12.5 Å². The molecule has 2 aromatic carbocycles. The molecule has 3 rings (SSSR count). The lowest BCUT2D eigenvalue weighted by atomic mass is 10.2. The fourth-order valence-corrected chi connectivity index (χ4v) is 2.41. The van der Waals surface area contributed by atoms with Crippen LogP contribution in [0.4, 0.5) is 13.2 Å². The predicted molar refractivity (Wildman–Crippen MR) is 83.1 cm³/mol. The van der Waals surface area contributed by atoms with Crippen molar-refractivity contribution in [2.24, 2.45) is 0 Å². The lowest BCUT2D eigenvalue weighted by molar-refractivity contribution is 0.0383. The van der Waals surface area contributed by atoms with Crippen LogP contribution in [0.3, 0.4) is 0 Å². The molecule has 0 saturated heterocycles. The van der Waals surface area contributed by atoms with Crippen molar-refractivity contribution >= 4 is 17.0 Å². The molecule has 130 valence electrons. The number of fused-ring (bicyclic) bond motifs is 1. The Bertz CT molecular complexity index is 925. The zero-order valence-corrected chi connectivity index (χ0v) is 13.1. The normalized spacial score (nSPS) is 11.1. The quantitative estimate of drug-likeness (QED) is 0.654. The molecule has 8 heteroatoms. The number of rotatable bonds is 5. The van der Waals surface area contributed by atoms with Gasteiger partial charge in [-0.2, -0.15) is 8.78 Å². The highest BCUT2D eigenvalue weighted by atomic mass is 19.3. The van der Waals surface area contributed by atoms with Crippen LogP contribution in [0.25, 0.3) is 11.0 Å². The first-order chi connectivity index (χ1) is 12.0. The van der Waals surface area contributed by atoms with Gasteiger partial charge < -0.3 is 9.47 Å². The third-order valence-corrected chi connectivity index (χ3v) is 3.59. The summed E-state index contributed by atoms with van der Waals surface area (Å²) in [6, 6.07) is 9.95. The van der Waals surface area contributed by atoms with Gasteiger partial charge in [0.2, 0.25) is 0 Å². The summed E-state index contributed by atoms with van der Waals surface area (Å²) in [4.78, 5) is 16.0. The molecule has 0 atom stereocenters. The highest BCUT2D eigenvalue weighted by molar-refractivity contribution is 5.89. The van der Waals surface area contributed by atoms with Crippen LogP contribution in [-0.4, -0.2) is 22.6 Å². The Hall–Kier alpha value is -3.03. The molecule has 0 aliphatic rings. The highest BCUT2D eigenvalue weighted by Gasteiger charge is 2.20. The van der Waals surface area contributed by atoms with Gasteiger partial charge in [0.1, 0.15) is 18.2 Å². The summed E-state index contributed by atoms with van der Waals surface area (Å²) in [6.45, 7) is -3.36. The molecule has 0 N–H and O–H groups in total. The number of halogens is 3. The molecule has 0 fully saturated rings. The van der Waals surface area contributed by atoms with Gasteiger partial charge in [-0.3, -0.25) is 4.57 Å². The van der Waals surface area contributed by atoms with E-state index in [0.717, 1.165) is 6.07 Å². The molecule has 1 heterocycles. The van der Waals surface area contributed by atoms with E-state index in [2.05, 4.69) is 4.98 Å². The molecule has 3 aromatic rings. The molecule has 25 heavy (non-hydrogen) atoms. The molecular weight excluding hydrogens is 337 g/mol. The van der Waals surface area contributed by atoms with Gasteiger partial charge in [-0.05, 0) is 24.3 Å². The molecule has 1 aromatic heterocycles. The number of imidazole rings is 1. The second-order valence-corrected chi connectivity index (χ2v) is 5.09. The van der Waals surface area contributed by atoms with E-state index < -0.39 is 24.9 Å². The topological polar surface area (TPSA) is 53.4 Å². The maximum Gasteiger partial charge on any atom is 0.341 e. The fourth-order valence-electron chi connectivity index (χ4n) is 2.41. The maximum absolute atomic E-state index is 13.9. The number of carbonyl (C=O) groups is 1. The van der Waals surface area contributed by atoms with Gasteiger partial charge in [0.25, 0.3) is 0 Å². The lowest BCUT2D eigenvalue weighted by Gasteiger charge is -2.09. The number of ether oxygens (including phenoxy) is 2. The molecule has 0 saturated carbocycles. The van der Waals surface area contributed by atoms with Crippen LogP contribution in [0, 0.1) is 5.82 Å². The van der Waals surface area contributed by atoms with Crippen molar-refractivity contribution in [1.82, 2.24) is 9.55 Å². The Balaban J connectivity index is 1.83. The number of hydrogen-bond acceptors (Lipinski definition) is 4. The molecule has 0 aliphatic heterocycles. The van der Waals surface area contributed by atoms with E-state index >= 15 is 0 Å². The van der Waals surface area contributed by atoms with Crippen LogP contribution in [0.1, 0.15) is 22.7 Å². The number of aromatic nitrogens is 2. The smallest absolute Gasteiger partial charge is 0.341 e. The summed E-state index contributed by atoms with van der Waals surface area (Å²) in [5.41, 5.74) is 0.254. The van der Waals surface area contributed by atoms with Gasteiger partial charge in [0.05, 0.1) is 23.7 Å². The van der Waals surface area contributed by atoms with Crippen molar-refractivity contribution in [3.05, 3.63) is 59.7 Å². The highest BCUT2D eigenvalue weighted by Crippen LogP contribution is 2.24. The van der Waals surface area contributed by atoms with E-state index in [4.69, 9.17) is 9.47 Å². The number of carbonyl (C=O) groups excluding carboxylic acids is 1. The summed E-state index contributed by atoms with van der Waals surface area (Å²) in [6.07, 6.45) is 0. The van der Waals surface area contributed by atoms with Crippen molar-refractivity contribution < 1.29 is 27.4 Å². The molecule has 5 nitrogen and oxygen atoms in total. The first-order valence-corrected chi connectivity index (χ1v) is 7.26. The van der Waals surface area contributed by atoms with Crippen molar-refractivity contribution in [3.63, 3.8) is 0 Å². The van der Waals surface area contributed by atoms with Gasteiger partial charge in [0.15, 0.2) is 5.82 Å². The number of esters is 1. The number of para-hydroxylation sites is 2. The van der Waals surface area contributed by atoms with Crippen LogP contribution in [0.2, 0.25) is 0 Å². The Morgan fingerprint density at radius 3 is 2.68 bits per heavy atom. The number of nitrogens with zero attached hydrogens (tertiary/aromatic N) is 2. The summed E-state index contributed by atoms with van der Waals surface area (Å²) in [5.74, 6) is -1.69. The minimum Gasteiger partial charge on any atom is -0.497 e. The minimum atomic E-state index is -2.85. The van der Waals surface area contributed by atoms with E-state index in [1.807, 2.05) is 0 Å². The van der Waals surface area contributed by atoms with Crippen molar-refractivity contribution in [1.29, 1.82) is 0 Å². The Morgan fingerprint density at radius 1 is 1.24 bits per heavy atom.